The number of rotatable bonds is 3. The van der Waals surface area contributed by atoms with Crippen molar-refractivity contribution < 1.29 is 30.7 Å². The molecule has 0 aliphatic carbocycles. The molecule has 0 aromatic heterocycles. The first kappa shape index (κ1) is 19.3. The summed E-state index contributed by atoms with van der Waals surface area (Å²) >= 11 is 5.62. The average molecular weight is 414 g/mol. The molecule has 0 fully saturated rings. The lowest BCUT2D eigenvalue weighted by atomic mass is 10.2. The van der Waals surface area contributed by atoms with Gasteiger partial charge in [0.1, 0.15) is 16.7 Å². The predicted molar refractivity (Wildman–Crippen MR) is 80.7 cm³/mol. The standard InChI is InChI=1S/C14H5Cl2F4NO3S/c15-10-3-8(14(18,19)20)4-11(17)13(10)24-9-2-1-7(6-21)12(5-9)25(16,22)23/h1-5H. The van der Waals surface area contributed by atoms with E-state index in [4.69, 9.17) is 32.3 Å². The molecule has 0 N–H and O–H groups in total. The molecule has 0 unspecified atom stereocenters. The molecule has 25 heavy (non-hydrogen) atoms. The Balaban J connectivity index is 2.50. The summed E-state index contributed by atoms with van der Waals surface area (Å²) in [5, 5.41) is 8.18. The molecular formula is C14H5Cl2F4NO3S. The van der Waals surface area contributed by atoms with Crippen LogP contribution in [0.3, 0.4) is 0 Å². The van der Waals surface area contributed by atoms with E-state index < -0.39 is 42.3 Å². The first-order valence-corrected chi connectivity index (χ1v) is 8.85. The van der Waals surface area contributed by atoms with Crippen LogP contribution in [0.5, 0.6) is 11.5 Å². The van der Waals surface area contributed by atoms with Crippen LogP contribution in [-0.4, -0.2) is 8.42 Å². The van der Waals surface area contributed by atoms with Crippen molar-refractivity contribution in [1.29, 1.82) is 5.26 Å². The smallest absolute Gasteiger partial charge is 0.416 e. The minimum Gasteiger partial charge on any atom is -0.453 e. The van der Waals surface area contributed by atoms with Gasteiger partial charge in [0, 0.05) is 16.7 Å². The zero-order valence-corrected chi connectivity index (χ0v) is 14.1. The van der Waals surface area contributed by atoms with Gasteiger partial charge in [-0.1, -0.05) is 11.6 Å². The summed E-state index contributed by atoms with van der Waals surface area (Å²) in [6.07, 6.45) is -4.81. The van der Waals surface area contributed by atoms with Gasteiger partial charge in [-0.15, -0.1) is 0 Å². The maximum atomic E-state index is 13.9. The Morgan fingerprint density at radius 3 is 2.28 bits per heavy atom. The highest BCUT2D eigenvalue weighted by Crippen LogP contribution is 2.39. The monoisotopic (exact) mass is 413 g/mol. The molecule has 2 aromatic carbocycles. The summed E-state index contributed by atoms with van der Waals surface area (Å²) in [7, 11) is 0.879. The minimum absolute atomic E-state index is 0.185. The number of hydrogen-bond acceptors (Lipinski definition) is 4. The molecule has 0 saturated carbocycles. The van der Waals surface area contributed by atoms with Crippen LogP contribution >= 0.6 is 22.3 Å². The highest BCUT2D eigenvalue weighted by atomic mass is 35.7. The highest BCUT2D eigenvalue weighted by molar-refractivity contribution is 8.13. The number of alkyl halides is 3. The fourth-order valence-corrected chi connectivity index (χ4v) is 3.06. The Labute approximate surface area is 148 Å². The lowest BCUT2D eigenvalue weighted by Gasteiger charge is -2.13. The fourth-order valence-electron chi connectivity index (χ4n) is 1.80. The Morgan fingerprint density at radius 2 is 1.80 bits per heavy atom. The minimum atomic E-state index is -4.81. The van der Waals surface area contributed by atoms with E-state index in [-0.39, 0.29) is 17.4 Å². The summed E-state index contributed by atoms with van der Waals surface area (Å²) < 4.78 is 79.6. The fraction of sp³-hybridized carbons (Fsp3) is 0.0714. The average Bonchev–Trinajstić information content (AvgIpc) is 2.48. The van der Waals surface area contributed by atoms with Crippen LogP contribution in [0.25, 0.3) is 0 Å². The van der Waals surface area contributed by atoms with E-state index in [1.807, 2.05) is 0 Å². The summed E-state index contributed by atoms with van der Waals surface area (Å²) in [6, 6.07) is 5.22. The summed E-state index contributed by atoms with van der Waals surface area (Å²) in [5.74, 6) is -2.43. The second-order valence-corrected chi connectivity index (χ2v) is 7.52. The SMILES string of the molecule is N#Cc1ccc(Oc2c(F)cc(C(F)(F)F)cc2Cl)cc1S(=O)(=O)Cl. The Kier molecular flexibility index (Phi) is 5.18. The molecule has 4 nitrogen and oxygen atoms in total. The third-order valence-corrected chi connectivity index (χ3v) is 4.52. The molecule has 0 spiro atoms. The Morgan fingerprint density at radius 1 is 1.16 bits per heavy atom. The summed E-state index contributed by atoms with van der Waals surface area (Å²) in [6.45, 7) is 0. The van der Waals surface area contributed by atoms with Crippen molar-refractivity contribution in [3.8, 4) is 17.6 Å². The van der Waals surface area contributed by atoms with Crippen molar-refractivity contribution in [3.63, 3.8) is 0 Å². The van der Waals surface area contributed by atoms with Gasteiger partial charge in [0.25, 0.3) is 9.05 Å². The maximum Gasteiger partial charge on any atom is 0.416 e. The number of ether oxygens (including phenoxy) is 1. The van der Waals surface area contributed by atoms with Crippen LogP contribution in [-0.2, 0) is 15.2 Å². The van der Waals surface area contributed by atoms with Crippen LogP contribution in [0.1, 0.15) is 11.1 Å². The maximum absolute atomic E-state index is 13.9. The summed E-state index contributed by atoms with van der Waals surface area (Å²) in [4.78, 5) is -0.599. The molecule has 0 radical (unpaired) electrons. The van der Waals surface area contributed by atoms with Gasteiger partial charge >= 0.3 is 6.18 Å². The normalized spacial score (nSPS) is 11.9. The molecule has 0 aliphatic heterocycles. The van der Waals surface area contributed by atoms with Gasteiger partial charge in [-0.25, -0.2) is 12.8 Å². The van der Waals surface area contributed by atoms with Crippen LogP contribution in [0.15, 0.2) is 35.2 Å². The quantitative estimate of drug-likeness (QED) is 0.519. The Hall–Kier alpha value is -2.02. The van der Waals surface area contributed by atoms with Crippen LogP contribution in [0.2, 0.25) is 5.02 Å². The van der Waals surface area contributed by atoms with Gasteiger partial charge in [-0.2, -0.15) is 18.4 Å². The molecule has 132 valence electrons. The molecule has 2 aromatic rings. The van der Waals surface area contributed by atoms with Gasteiger partial charge in [0.15, 0.2) is 11.6 Å². The van der Waals surface area contributed by atoms with Crippen LogP contribution < -0.4 is 4.74 Å². The van der Waals surface area contributed by atoms with E-state index in [0.29, 0.717) is 6.07 Å². The lowest BCUT2D eigenvalue weighted by molar-refractivity contribution is -0.137. The second-order valence-electron chi connectivity index (χ2n) is 4.58. The molecule has 0 saturated heterocycles. The van der Waals surface area contributed by atoms with Gasteiger partial charge < -0.3 is 4.74 Å². The van der Waals surface area contributed by atoms with Gasteiger partial charge in [0.2, 0.25) is 0 Å². The molecule has 11 heteroatoms. The molecule has 0 bridgehead atoms. The first-order chi connectivity index (χ1) is 11.4. The number of hydrogen-bond donors (Lipinski definition) is 0. The number of benzene rings is 2. The lowest BCUT2D eigenvalue weighted by Crippen LogP contribution is -2.06. The number of halogens is 6. The molecule has 0 aliphatic rings. The summed E-state index contributed by atoms with van der Waals surface area (Å²) in [5.41, 5.74) is -1.60. The third-order valence-electron chi connectivity index (χ3n) is 2.88. The van der Waals surface area contributed by atoms with Crippen molar-refractivity contribution in [2.24, 2.45) is 0 Å². The predicted octanol–water partition coefficient (Wildman–Crippen LogP) is 5.09. The number of nitriles is 1. The first-order valence-electron chi connectivity index (χ1n) is 6.16. The van der Waals surface area contributed by atoms with Crippen LogP contribution in [0.4, 0.5) is 17.6 Å². The Bertz CT molecular complexity index is 962. The van der Waals surface area contributed by atoms with E-state index in [1.54, 1.807) is 6.07 Å². The number of nitrogens with zero attached hydrogens (tertiary/aromatic N) is 1. The van der Waals surface area contributed by atoms with Crippen LogP contribution in [0, 0.1) is 17.1 Å². The molecule has 0 heterocycles. The molecular weight excluding hydrogens is 409 g/mol. The van der Waals surface area contributed by atoms with E-state index in [0.717, 1.165) is 18.2 Å². The largest absolute Gasteiger partial charge is 0.453 e. The molecule has 0 amide bonds. The zero-order chi connectivity index (χ0) is 19.0. The van der Waals surface area contributed by atoms with Crippen molar-refractivity contribution in [3.05, 3.63) is 52.3 Å². The molecule has 0 atom stereocenters. The van der Waals surface area contributed by atoms with Gasteiger partial charge in [-0.3, -0.25) is 0 Å². The van der Waals surface area contributed by atoms with Crippen molar-refractivity contribution in [2.45, 2.75) is 11.1 Å². The van der Waals surface area contributed by atoms with Gasteiger partial charge in [-0.05, 0) is 24.3 Å². The van der Waals surface area contributed by atoms with E-state index in [2.05, 4.69) is 0 Å². The van der Waals surface area contributed by atoms with E-state index in [1.165, 1.54) is 0 Å². The van der Waals surface area contributed by atoms with Gasteiger partial charge in [0.05, 0.1) is 16.1 Å². The molecule has 2 rings (SSSR count). The van der Waals surface area contributed by atoms with Crippen molar-refractivity contribution >= 4 is 31.3 Å². The zero-order valence-electron chi connectivity index (χ0n) is 11.7. The van der Waals surface area contributed by atoms with Crippen molar-refractivity contribution in [1.82, 2.24) is 0 Å². The highest BCUT2D eigenvalue weighted by Gasteiger charge is 2.32. The topological polar surface area (TPSA) is 67.2 Å². The second kappa shape index (κ2) is 6.71. The third kappa shape index (κ3) is 4.34. The van der Waals surface area contributed by atoms with E-state index in [9.17, 15) is 26.0 Å². The van der Waals surface area contributed by atoms with E-state index >= 15 is 0 Å². The van der Waals surface area contributed by atoms with Crippen molar-refractivity contribution in [2.75, 3.05) is 0 Å².